The van der Waals surface area contributed by atoms with Crippen LogP contribution >= 0.6 is 0 Å². The maximum absolute atomic E-state index is 13.6. The summed E-state index contributed by atoms with van der Waals surface area (Å²) >= 11 is 0. The van der Waals surface area contributed by atoms with Crippen molar-refractivity contribution in [3.63, 3.8) is 0 Å². The van der Waals surface area contributed by atoms with Gasteiger partial charge in [0.15, 0.2) is 0 Å². The summed E-state index contributed by atoms with van der Waals surface area (Å²) in [7, 11) is 1.89. The van der Waals surface area contributed by atoms with Gasteiger partial charge in [0.25, 0.3) is 0 Å². The van der Waals surface area contributed by atoms with Crippen molar-refractivity contribution in [1.29, 1.82) is 0 Å². The summed E-state index contributed by atoms with van der Waals surface area (Å²) < 4.78 is 15.8. The minimum atomic E-state index is -0.183. The van der Waals surface area contributed by atoms with Crippen LogP contribution in [0.5, 0.6) is 11.5 Å². The Balaban J connectivity index is 1.33. The number of nitrogens with zero attached hydrogens (tertiary/aromatic N) is 6. The number of hydrogen-bond acceptors (Lipinski definition) is 6. The van der Waals surface area contributed by atoms with Crippen molar-refractivity contribution in [3.8, 4) is 11.5 Å². The monoisotopic (exact) mass is 498 g/mol. The van der Waals surface area contributed by atoms with E-state index in [9.17, 15) is 4.79 Å². The van der Waals surface area contributed by atoms with Crippen molar-refractivity contribution in [3.05, 3.63) is 89.0 Å². The molecule has 0 radical (unpaired) electrons. The van der Waals surface area contributed by atoms with Gasteiger partial charge >= 0.3 is 0 Å². The third kappa shape index (κ3) is 5.07. The van der Waals surface area contributed by atoms with Gasteiger partial charge in [0.2, 0.25) is 5.91 Å². The highest BCUT2D eigenvalue weighted by Gasteiger charge is 2.32. The van der Waals surface area contributed by atoms with E-state index in [1.165, 1.54) is 5.56 Å². The summed E-state index contributed by atoms with van der Waals surface area (Å²) in [6.45, 7) is 2.28. The highest BCUT2D eigenvalue weighted by molar-refractivity contribution is 5.78. The van der Waals surface area contributed by atoms with E-state index in [0.29, 0.717) is 39.1 Å². The van der Waals surface area contributed by atoms with Crippen LogP contribution in [-0.2, 0) is 37.8 Å². The summed E-state index contributed by atoms with van der Waals surface area (Å²) in [5, 5.41) is 12.7. The first kappa shape index (κ1) is 23.3. The Morgan fingerprint density at radius 3 is 2.89 bits per heavy atom. The Kier molecular flexibility index (Phi) is 6.34. The standard InChI is InChI=1S/C28H30N6O3/c1-32-17-20(16-29-32)6-9-27(35)34-12-10-21-14-25-7-8-26(21)28(34)22-4-2-5-24(15-22)36-13-3-11-33-18-23(19-37-25)30-31-33/h2,4-5,7-8,14-18,28H,3,6,9-13,19H2,1H3/t28-/m0/s1. The molecule has 9 heteroatoms. The van der Waals surface area contributed by atoms with Gasteiger partial charge in [-0.3, -0.25) is 14.2 Å². The van der Waals surface area contributed by atoms with Crippen molar-refractivity contribution < 1.29 is 14.3 Å². The molecule has 0 spiro atoms. The lowest BCUT2D eigenvalue weighted by Gasteiger charge is -2.38. The first-order chi connectivity index (χ1) is 18.1. The zero-order valence-corrected chi connectivity index (χ0v) is 20.9. The van der Waals surface area contributed by atoms with Crippen LogP contribution in [0.25, 0.3) is 0 Å². The molecule has 1 amide bonds. The van der Waals surface area contributed by atoms with Crippen LogP contribution in [0.4, 0.5) is 0 Å². The fourth-order valence-electron chi connectivity index (χ4n) is 5.18. The number of ether oxygens (including phenoxy) is 2. The number of aryl methyl sites for hydroxylation is 3. The number of carbonyl (C=O) groups excluding carboxylic acids is 1. The maximum Gasteiger partial charge on any atom is 0.223 e. The van der Waals surface area contributed by atoms with Crippen LogP contribution in [0.3, 0.4) is 0 Å². The second-order valence-electron chi connectivity index (χ2n) is 9.66. The predicted molar refractivity (Wildman–Crippen MR) is 136 cm³/mol. The molecule has 37 heavy (non-hydrogen) atoms. The molecule has 0 saturated heterocycles. The Labute approximate surface area is 215 Å². The van der Waals surface area contributed by atoms with Gasteiger partial charge in [0.05, 0.1) is 25.0 Å². The number of amides is 1. The zero-order valence-electron chi connectivity index (χ0n) is 20.9. The molecule has 0 saturated carbocycles. The topological polar surface area (TPSA) is 87.3 Å². The quantitative estimate of drug-likeness (QED) is 0.430. The summed E-state index contributed by atoms with van der Waals surface area (Å²) in [5.74, 6) is 1.74. The smallest absolute Gasteiger partial charge is 0.223 e. The number of carbonyl (C=O) groups is 1. The maximum atomic E-state index is 13.6. The first-order valence-corrected chi connectivity index (χ1v) is 12.8. The van der Waals surface area contributed by atoms with Gasteiger partial charge in [-0.2, -0.15) is 5.10 Å². The molecule has 0 fully saturated rings. The van der Waals surface area contributed by atoms with E-state index in [-0.39, 0.29) is 11.9 Å². The molecule has 2 aromatic heterocycles. The molecule has 5 heterocycles. The Morgan fingerprint density at radius 2 is 2.00 bits per heavy atom. The molecule has 0 N–H and O–H groups in total. The second-order valence-corrected chi connectivity index (χ2v) is 9.66. The molecule has 0 aliphatic carbocycles. The van der Waals surface area contributed by atoms with Crippen molar-refractivity contribution in [2.45, 2.75) is 44.9 Å². The minimum absolute atomic E-state index is 0.138. The highest BCUT2D eigenvalue weighted by atomic mass is 16.5. The van der Waals surface area contributed by atoms with Crippen molar-refractivity contribution in [1.82, 2.24) is 29.7 Å². The third-order valence-corrected chi connectivity index (χ3v) is 7.00. The third-order valence-electron chi connectivity index (χ3n) is 7.00. The number of fused-ring (bicyclic) bond motifs is 5. The molecule has 1 atom stereocenters. The fraction of sp³-hybridized carbons (Fsp3) is 0.357. The SMILES string of the molecule is Cn1cc(CCC(=O)N2CCc3cc4ccc3[C@@H]2c2cccc(c2)OCCCn2cc(nn2)CO4)cn1. The lowest BCUT2D eigenvalue weighted by atomic mass is 9.87. The van der Waals surface area contributed by atoms with E-state index >= 15 is 0 Å². The van der Waals surface area contributed by atoms with Crippen LogP contribution < -0.4 is 9.47 Å². The molecule has 7 rings (SSSR count). The van der Waals surface area contributed by atoms with Crippen LogP contribution in [0.2, 0.25) is 0 Å². The van der Waals surface area contributed by atoms with Gasteiger partial charge in [-0.1, -0.05) is 23.4 Å². The van der Waals surface area contributed by atoms with Crippen LogP contribution in [0.15, 0.2) is 61.1 Å². The molecule has 0 unspecified atom stereocenters. The summed E-state index contributed by atoms with van der Waals surface area (Å²) in [6.07, 6.45) is 8.40. The molecule has 190 valence electrons. The van der Waals surface area contributed by atoms with Gasteiger partial charge in [-0.05, 0) is 59.4 Å². The largest absolute Gasteiger partial charge is 0.494 e. The molecule has 4 aromatic rings. The summed E-state index contributed by atoms with van der Waals surface area (Å²) in [4.78, 5) is 15.6. The number of hydrogen-bond donors (Lipinski definition) is 0. The van der Waals surface area contributed by atoms with Crippen molar-refractivity contribution >= 4 is 5.91 Å². The van der Waals surface area contributed by atoms with Crippen molar-refractivity contribution in [2.75, 3.05) is 13.2 Å². The van der Waals surface area contributed by atoms with Gasteiger partial charge in [0.1, 0.15) is 23.8 Å². The van der Waals surface area contributed by atoms with Crippen LogP contribution in [0, 0.1) is 0 Å². The molecular weight excluding hydrogens is 468 g/mol. The molecule has 3 aliphatic rings. The van der Waals surface area contributed by atoms with E-state index in [0.717, 1.165) is 46.7 Å². The van der Waals surface area contributed by atoms with E-state index < -0.39 is 0 Å². The Hall–Kier alpha value is -4.14. The summed E-state index contributed by atoms with van der Waals surface area (Å²) in [6, 6.07) is 14.1. The van der Waals surface area contributed by atoms with E-state index in [1.54, 1.807) is 4.68 Å². The molecule has 3 aliphatic heterocycles. The van der Waals surface area contributed by atoms with Crippen molar-refractivity contribution in [2.24, 2.45) is 7.05 Å². The number of benzene rings is 2. The minimum Gasteiger partial charge on any atom is -0.494 e. The predicted octanol–water partition coefficient (Wildman–Crippen LogP) is 3.48. The van der Waals surface area contributed by atoms with Crippen LogP contribution in [-0.4, -0.2) is 48.7 Å². The van der Waals surface area contributed by atoms with Crippen LogP contribution in [0.1, 0.15) is 46.8 Å². The average molecular weight is 499 g/mol. The molecule has 9 nitrogen and oxygen atoms in total. The van der Waals surface area contributed by atoms with Gasteiger partial charge in [-0.25, -0.2) is 0 Å². The lowest BCUT2D eigenvalue weighted by molar-refractivity contribution is -0.133. The summed E-state index contributed by atoms with van der Waals surface area (Å²) in [5.41, 5.74) is 5.22. The number of rotatable bonds is 3. The van der Waals surface area contributed by atoms with E-state index in [4.69, 9.17) is 9.47 Å². The number of aromatic nitrogens is 5. The Bertz CT molecular complexity index is 1410. The van der Waals surface area contributed by atoms with E-state index in [1.807, 2.05) is 53.4 Å². The average Bonchev–Trinajstić information content (AvgIpc) is 3.56. The molecular formula is C28H30N6O3. The normalized spacial score (nSPS) is 17.1. The molecule has 8 bridgehead atoms. The van der Waals surface area contributed by atoms with Gasteiger partial charge in [-0.15, -0.1) is 5.10 Å². The second kappa shape index (κ2) is 10.1. The first-order valence-electron chi connectivity index (χ1n) is 12.8. The lowest BCUT2D eigenvalue weighted by Crippen LogP contribution is -2.40. The fourth-order valence-corrected chi connectivity index (χ4v) is 5.18. The van der Waals surface area contributed by atoms with Gasteiger partial charge in [0, 0.05) is 39.2 Å². The van der Waals surface area contributed by atoms with E-state index in [2.05, 4.69) is 39.7 Å². The Morgan fingerprint density at radius 1 is 1.08 bits per heavy atom. The highest BCUT2D eigenvalue weighted by Crippen LogP contribution is 2.38. The molecule has 2 aromatic carbocycles. The zero-order chi connectivity index (χ0) is 25.2. The van der Waals surface area contributed by atoms with Gasteiger partial charge < -0.3 is 14.4 Å².